The van der Waals surface area contributed by atoms with Crippen LogP contribution in [0.4, 0.5) is 11.4 Å². The number of benzene rings is 2. The third-order valence-corrected chi connectivity index (χ3v) is 4.32. The summed E-state index contributed by atoms with van der Waals surface area (Å²) in [6, 6.07) is 14.5. The van der Waals surface area contributed by atoms with Crippen molar-refractivity contribution >= 4 is 23.2 Å². The Morgan fingerprint density at radius 3 is 2.50 bits per heavy atom. The molecular formula is C20H23N3O3. The molecule has 3 rings (SSSR count). The molecule has 6 heteroatoms. The second kappa shape index (κ2) is 8.60. The highest BCUT2D eigenvalue weighted by molar-refractivity contribution is 6.05. The number of anilines is 2. The first-order chi connectivity index (χ1) is 12.6. The summed E-state index contributed by atoms with van der Waals surface area (Å²) in [6.45, 7) is 3.86. The molecule has 0 saturated carbocycles. The van der Waals surface area contributed by atoms with Crippen LogP contribution >= 0.6 is 0 Å². The normalized spacial score (nSPS) is 16.7. The number of hydrogen-bond donors (Lipinski definition) is 3. The minimum atomic E-state index is -0.180. The first kappa shape index (κ1) is 18.1. The van der Waals surface area contributed by atoms with Crippen LogP contribution in [0.3, 0.4) is 0 Å². The monoisotopic (exact) mass is 353 g/mol. The Morgan fingerprint density at radius 1 is 1.08 bits per heavy atom. The van der Waals surface area contributed by atoms with Crippen molar-refractivity contribution < 1.29 is 14.3 Å². The molecule has 1 aliphatic rings. The molecule has 136 valence electrons. The van der Waals surface area contributed by atoms with Gasteiger partial charge in [-0.25, -0.2) is 0 Å². The molecule has 2 amide bonds. The van der Waals surface area contributed by atoms with Crippen molar-refractivity contribution in [2.24, 2.45) is 0 Å². The van der Waals surface area contributed by atoms with E-state index in [0.717, 1.165) is 12.1 Å². The second-order valence-electron chi connectivity index (χ2n) is 6.28. The molecule has 1 unspecified atom stereocenters. The molecule has 1 fully saturated rings. The highest BCUT2D eigenvalue weighted by atomic mass is 16.5. The van der Waals surface area contributed by atoms with Crippen molar-refractivity contribution in [2.45, 2.75) is 19.4 Å². The molecule has 3 N–H and O–H groups in total. The van der Waals surface area contributed by atoms with Crippen molar-refractivity contribution in [3.63, 3.8) is 0 Å². The fourth-order valence-electron chi connectivity index (χ4n) is 2.87. The summed E-state index contributed by atoms with van der Waals surface area (Å²) in [7, 11) is 0. The lowest BCUT2D eigenvalue weighted by Crippen LogP contribution is -2.43. The van der Waals surface area contributed by atoms with E-state index in [1.807, 2.05) is 43.3 Å². The zero-order valence-electron chi connectivity index (χ0n) is 14.7. The van der Waals surface area contributed by atoms with Crippen LogP contribution in [0.15, 0.2) is 48.5 Å². The topological polar surface area (TPSA) is 79.5 Å². The molecule has 2 aromatic rings. The van der Waals surface area contributed by atoms with E-state index in [1.54, 1.807) is 12.1 Å². The van der Waals surface area contributed by atoms with Crippen LogP contribution in [-0.4, -0.2) is 37.6 Å². The molecule has 0 bridgehead atoms. The van der Waals surface area contributed by atoms with E-state index in [4.69, 9.17) is 4.74 Å². The van der Waals surface area contributed by atoms with E-state index in [9.17, 15) is 9.59 Å². The fraction of sp³-hybridized carbons (Fsp3) is 0.300. The average Bonchev–Trinajstić information content (AvgIpc) is 2.66. The SMILES string of the molecule is Cc1c(NC(=O)CC2COCCN2)cccc1NC(=O)c1ccccc1. The number of hydrogen-bond acceptors (Lipinski definition) is 4. The fourth-order valence-corrected chi connectivity index (χ4v) is 2.87. The van der Waals surface area contributed by atoms with Gasteiger partial charge >= 0.3 is 0 Å². The number of ether oxygens (including phenoxy) is 1. The lowest BCUT2D eigenvalue weighted by molar-refractivity contribution is -0.117. The lowest BCUT2D eigenvalue weighted by Gasteiger charge is -2.23. The lowest BCUT2D eigenvalue weighted by atomic mass is 10.1. The largest absolute Gasteiger partial charge is 0.378 e. The Bertz CT molecular complexity index is 771. The van der Waals surface area contributed by atoms with Crippen molar-refractivity contribution in [3.8, 4) is 0 Å². The molecule has 1 aliphatic heterocycles. The molecule has 0 radical (unpaired) electrons. The van der Waals surface area contributed by atoms with Crippen LogP contribution in [0.25, 0.3) is 0 Å². The number of nitrogens with one attached hydrogen (secondary N) is 3. The highest BCUT2D eigenvalue weighted by Crippen LogP contribution is 2.24. The van der Waals surface area contributed by atoms with E-state index < -0.39 is 0 Å². The van der Waals surface area contributed by atoms with E-state index in [-0.39, 0.29) is 17.9 Å². The van der Waals surface area contributed by atoms with Gasteiger partial charge in [0.1, 0.15) is 0 Å². The first-order valence-corrected chi connectivity index (χ1v) is 8.70. The molecule has 1 heterocycles. The van der Waals surface area contributed by atoms with Crippen molar-refractivity contribution in [1.82, 2.24) is 5.32 Å². The number of amides is 2. The Morgan fingerprint density at radius 2 is 1.81 bits per heavy atom. The number of carbonyl (C=O) groups excluding carboxylic acids is 2. The van der Waals surface area contributed by atoms with E-state index in [1.165, 1.54) is 0 Å². The standard InChI is InChI=1S/C20H23N3O3/c1-14-17(22-19(24)12-16-13-26-11-10-21-16)8-5-9-18(14)23-20(25)15-6-3-2-4-7-15/h2-9,16,21H,10-13H2,1H3,(H,22,24)(H,23,25). The minimum Gasteiger partial charge on any atom is -0.378 e. The van der Waals surface area contributed by atoms with Gasteiger partial charge in [-0.05, 0) is 36.8 Å². The Hall–Kier alpha value is -2.70. The molecular weight excluding hydrogens is 330 g/mol. The van der Waals surface area contributed by atoms with Crippen LogP contribution in [-0.2, 0) is 9.53 Å². The van der Waals surface area contributed by atoms with Crippen LogP contribution in [0.5, 0.6) is 0 Å². The first-order valence-electron chi connectivity index (χ1n) is 8.70. The minimum absolute atomic E-state index is 0.0324. The molecule has 6 nitrogen and oxygen atoms in total. The summed E-state index contributed by atoms with van der Waals surface area (Å²) in [5.41, 5.74) is 2.77. The van der Waals surface area contributed by atoms with Crippen molar-refractivity contribution in [3.05, 3.63) is 59.7 Å². The summed E-state index contributed by atoms with van der Waals surface area (Å²) in [4.78, 5) is 24.6. The van der Waals surface area contributed by atoms with Gasteiger partial charge < -0.3 is 20.7 Å². The number of rotatable bonds is 5. The molecule has 1 saturated heterocycles. The Kier molecular flexibility index (Phi) is 5.99. The predicted molar refractivity (Wildman–Crippen MR) is 101 cm³/mol. The molecule has 0 aromatic heterocycles. The van der Waals surface area contributed by atoms with Crippen molar-refractivity contribution in [1.29, 1.82) is 0 Å². The van der Waals surface area contributed by atoms with Crippen LogP contribution < -0.4 is 16.0 Å². The maximum absolute atomic E-state index is 12.3. The summed E-state index contributed by atoms with van der Waals surface area (Å²) >= 11 is 0. The zero-order chi connectivity index (χ0) is 18.4. The summed E-state index contributed by atoms with van der Waals surface area (Å²) in [5.74, 6) is -0.261. The summed E-state index contributed by atoms with van der Waals surface area (Å²) in [5, 5.41) is 9.09. The number of morpholine rings is 1. The third kappa shape index (κ3) is 4.68. The Balaban J connectivity index is 1.65. The maximum Gasteiger partial charge on any atom is 0.255 e. The predicted octanol–water partition coefficient (Wildman–Crippen LogP) is 2.56. The molecule has 0 aliphatic carbocycles. The molecule has 1 atom stereocenters. The van der Waals surface area contributed by atoms with Crippen LogP contribution in [0.1, 0.15) is 22.3 Å². The van der Waals surface area contributed by atoms with Crippen LogP contribution in [0.2, 0.25) is 0 Å². The molecule has 0 spiro atoms. The van der Waals surface area contributed by atoms with Gasteiger partial charge in [0.25, 0.3) is 5.91 Å². The summed E-state index contributed by atoms with van der Waals surface area (Å²) in [6.07, 6.45) is 0.347. The second-order valence-corrected chi connectivity index (χ2v) is 6.28. The van der Waals surface area contributed by atoms with Gasteiger partial charge in [0.2, 0.25) is 5.91 Å². The molecule has 26 heavy (non-hydrogen) atoms. The van der Waals surface area contributed by atoms with E-state index in [0.29, 0.717) is 36.6 Å². The van der Waals surface area contributed by atoms with Gasteiger partial charge in [-0.15, -0.1) is 0 Å². The summed E-state index contributed by atoms with van der Waals surface area (Å²) < 4.78 is 5.37. The Labute approximate surface area is 152 Å². The van der Waals surface area contributed by atoms with Gasteiger partial charge in [0.05, 0.1) is 13.2 Å². The number of carbonyl (C=O) groups is 2. The van der Waals surface area contributed by atoms with Crippen molar-refractivity contribution in [2.75, 3.05) is 30.4 Å². The quantitative estimate of drug-likeness (QED) is 0.772. The third-order valence-electron chi connectivity index (χ3n) is 4.32. The van der Waals surface area contributed by atoms with Gasteiger partial charge in [0, 0.05) is 35.9 Å². The van der Waals surface area contributed by atoms with E-state index >= 15 is 0 Å². The smallest absolute Gasteiger partial charge is 0.255 e. The van der Waals surface area contributed by atoms with Crippen LogP contribution in [0, 0.1) is 6.92 Å². The highest BCUT2D eigenvalue weighted by Gasteiger charge is 2.18. The van der Waals surface area contributed by atoms with Gasteiger partial charge in [0.15, 0.2) is 0 Å². The average molecular weight is 353 g/mol. The van der Waals surface area contributed by atoms with Gasteiger partial charge in [-0.2, -0.15) is 0 Å². The zero-order valence-corrected chi connectivity index (χ0v) is 14.7. The maximum atomic E-state index is 12.3. The van der Waals surface area contributed by atoms with Gasteiger partial charge in [-0.3, -0.25) is 9.59 Å². The van der Waals surface area contributed by atoms with Gasteiger partial charge in [-0.1, -0.05) is 24.3 Å². The van der Waals surface area contributed by atoms with E-state index in [2.05, 4.69) is 16.0 Å². The molecule has 2 aromatic carbocycles.